The summed E-state index contributed by atoms with van der Waals surface area (Å²) in [5, 5.41) is 9.78. The monoisotopic (exact) mass is 253 g/mol. The molecule has 0 bridgehead atoms. The van der Waals surface area contributed by atoms with Crippen LogP contribution in [0.3, 0.4) is 0 Å². The van der Waals surface area contributed by atoms with Gasteiger partial charge >= 0.3 is 0 Å². The van der Waals surface area contributed by atoms with Crippen molar-refractivity contribution in [3.63, 3.8) is 0 Å². The maximum absolute atomic E-state index is 13.9. The van der Waals surface area contributed by atoms with E-state index in [1.54, 1.807) is 13.0 Å². The molecule has 0 unspecified atom stereocenters. The summed E-state index contributed by atoms with van der Waals surface area (Å²) in [7, 11) is 0. The minimum atomic E-state index is -0.797. The molecule has 0 heterocycles. The average Bonchev–Trinajstić information content (AvgIpc) is 2.24. The quantitative estimate of drug-likeness (QED) is 0.864. The Morgan fingerprint density at radius 1 is 1.17 bits per heavy atom. The number of rotatable bonds is 5. The zero-order valence-electron chi connectivity index (χ0n) is 11.9. The summed E-state index contributed by atoms with van der Waals surface area (Å²) < 4.78 is 13.9. The predicted octanol–water partition coefficient (Wildman–Crippen LogP) is 3.75. The lowest BCUT2D eigenvalue weighted by Crippen LogP contribution is -2.35. The maximum Gasteiger partial charge on any atom is 0.131 e. The van der Waals surface area contributed by atoms with E-state index < -0.39 is 6.10 Å². The third kappa shape index (κ3) is 3.45. The number of nitrogens with zero attached hydrogens (tertiary/aromatic N) is 1. The number of hydrogen-bond acceptors (Lipinski definition) is 2. The molecule has 1 aromatic carbocycles. The van der Waals surface area contributed by atoms with Crippen LogP contribution in [0.4, 0.5) is 10.1 Å². The van der Waals surface area contributed by atoms with Crippen LogP contribution in [0.5, 0.6) is 0 Å². The van der Waals surface area contributed by atoms with Gasteiger partial charge in [-0.1, -0.05) is 19.9 Å². The van der Waals surface area contributed by atoms with Gasteiger partial charge in [-0.05, 0) is 38.8 Å². The molecule has 0 aliphatic rings. The van der Waals surface area contributed by atoms with Gasteiger partial charge < -0.3 is 10.0 Å². The maximum atomic E-state index is 13.9. The molecule has 0 spiro atoms. The highest BCUT2D eigenvalue weighted by molar-refractivity contribution is 5.55. The molecule has 0 amide bonds. The van der Waals surface area contributed by atoms with Crippen molar-refractivity contribution in [2.24, 2.45) is 5.92 Å². The fraction of sp³-hybridized carbons (Fsp3) is 0.600. The fourth-order valence-corrected chi connectivity index (χ4v) is 2.17. The van der Waals surface area contributed by atoms with Crippen LogP contribution < -0.4 is 4.90 Å². The Balaban J connectivity index is 3.23. The van der Waals surface area contributed by atoms with Gasteiger partial charge in [0.1, 0.15) is 5.82 Å². The highest BCUT2D eigenvalue weighted by Crippen LogP contribution is 2.30. The normalized spacial score (nSPS) is 13.2. The van der Waals surface area contributed by atoms with E-state index in [-0.39, 0.29) is 11.9 Å². The Morgan fingerprint density at radius 2 is 1.78 bits per heavy atom. The van der Waals surface area contributed by atoms with Crippen molar-refractivity contribution in [3.05, 3.63) is 29.6 Å². The largest absolute Gasteiger partial charge is 0.389 e. The molecule has 3 heteroatoms. The molecule has 2 nitrogen and oxygen atoms in total. The first-order chi connectivity index (χ1) is 8.34. The zero-order chi connectivity index (χ0) is 13.9. The van der Waals surface area contributed by atoms with Gasteiger partial charge in [0.2, 0.25) is 0 Å². The van der Waals surface area contributed by atoms with Crippen LogP contribution in [-0.4, -0.2) is 17.7 Å². The summed E-state index contributed by atoms with van der Waals surface area (Å²) in [5.41, 5.74) is 1.19. The van der Waals surface area contributed by atoms with E-state index in [1.165, 1.54) is 6.07 Å². The Hall–Kier alpha value is -1.09. The van der Waals surface area contributed by atoms with Crippen molar-refractivity contribution in [2.75, 3.05) is 11.4 Å². The molecule has 0 aliphatic carbocycles. The second kappa shape index (κ2) is 6.19. The lowest BCUT2D eigenvalue weighted by atomic mass is 10.0. The van der Waals surface area contributed by atoms with Gasteiger partial charge in [-0.25, -0.2) is 4.39 Å². The molecule has 0 fully saturated rings. The minimum Gasteiger partial charge on any atom is -0.389 e. The van der Waals surface area contributed by atoms with Gasteiger partial charge in [-0.2, -0.15) is 0 Å². The molecule has 1 N–H and O–H groups in total. The molecule has 1 rings (SSSR count). The lowest BCUT2D eigenvalue weighted by Gasteiger charge is -2.33. The molecule has 0 aromatic heterocycles. The second-order valence-electron chi connectivity index (χ2n) is 5.49. The van der Waals surface area contributed by atoms with Crippen LogP contribution in [0.25, 0.3) is 0 Å². The van der Waals surface area contributed by atoms with Gasteiger partial charge in [0.15, 0.2) is 0 Å². The van der Waals surface area contributed by atoms with Crippen LogP contribution >= 0.6 is 0 Å². The molecule has 0 saturated carbocycles. The minimum absolute atomic E-state index is 0.270. The summed E-state index contributed by atoms with van der Waals surface area (Å²) >= 11 is 0. The van der Waals surface area contributed by atoms with Gasteiger partial charge in [0.25, 0.3) is 0 Å². The Morgan fingerprint density at radius 3 is 2.22 bits per heavy atom. The van der Waals surface area contributed by atoms with E-state index in [1.807, 2.05) is 6.07 Å². The summed E-state index contributed by atoms with van der Waals surface area (Å²) in [5.74, 6) is 0.148. The number of anilines is 1. The van der Waals surface area contributed by atoms with Crippen molar-refractivity contribution >= 4 is 5.69 Å². The predicted molar refractivity (Wildman–Crippen MR) is 74.4 cm³/mol. The van der Waals surface area contributed by atoms with Crippen molar-refractivity contribution < 1.29 is 9.50 Å². The summed E-state index contributed by atoms with van der Waals surface area (Å²) in [6, 6.07) is 5.26. The first-order valence-electron chi connectivity index (χ1n) is 6.57. The average molecular weight is 253 g/mol. The molecule has 18 heavy (non-hydrogen) atoms. The van der Waals surface area contributed by atoms with E-state index >= 15 is 0 Å². The van der Waals surface area contributed by atoms with Crippen LogP contribution in [0, 0.1) is 11.7 Å². The molecule has 1 atom stereocenters. The summed E-state index contributed by atoms with van der Waals surface area (Å²) in [6.45, 7) is 10.9. The topological polar surface area (TPSA) is 23.5 Å². The summed E-state index contributed by atoms with van der Waals surface area (Å²) in [6.07, 6.45) is -0.797. The number of aliphatic hydroxyl groups excluding tert-OH is 1. The number of benzene rings is 1. The first-order valence-corrected chi connectivity index (χ1v) is 6.57. The zero-order valence-corrected chi connectivity index (χ0v) is 11.9. The molecular formula is C15H24FNO. The molecule has 102 valence electrons. The van der Waals surface area contributed by atoms with Crippen LogP contribution in [0.2, 0.25) is 0 Å². The Bertz CT molecular complexity index is 388. The highest BCUT2D eigenvalue weighted by atomic mass is 19.1. The number of aliphatic hydroxyl groups is 1. The first kappa shape index (κ1) is 15.0. The van der Waals surface area contributed by atoms with E-state index in [2.05, 4.69) is 32.6 Å². The number of halogens is 1. The van der Waals surface area contributed by atoms with E-state index in [0.717, 1.165) is 12.2 Å². The number of hydrogen-bond donors (Lipinski definition) is 1. The third-order valence-corrected chi connectivity index (χ3v) is 2.94. The highest BCUT2D eigenvalue weighted by Gasteiger charge is 2.20. The van der Waals surface area contributed by atoms with Crippen molar-refractivity contribution in [1.82, 2.24) is 0 Å². The lowest BCUT2D eigenvalue weighted by molar-refractivity contribution is 0.194. The Kier molecular flexibility index (Phi) is 5.15. The third-order valence-electron chi connectivity index (χ3n) is 2.94. The van der Waals surface area contributed by atoms with Gasteiger partial charge in [-0.15, -0.1) is 0 Å². The van der Waals surface area contributed by atoms with Crippen molar-refractivity contribution in [1.29, 1.82) is 0 Å². The Labute approximate surface area is 109 Å². The van der Waals surface area contributed by atoms with Crippen molar-refractivity contribution in [3.8, 4) is 0 Å². The van der Waals surface area contributed by atoms with Gasteiger partial charge in [0, 0.05) is 23.8 Å². The van der Waals surface area contributed by atoms with E-state index in [0.29, 0.717) is 11.5 Å². The van der Waals surface area contributed by atoms with Crippen molar-refractivity contribution in [2.45, 2.75) is 46.8 Å². The molecule has 0 saturated heterocycles. The molecule has 1 aromatic rings. The van der Waals surface area contributed by atoms with E-state index in [9.17, 15) is 9.50 Å². The standard InChI is InChI=1S/C15H24FNO/c1-10(2)9-17(11(3)4)14-8-6-7-13(16)15(14)12(5)18/h6-8,10-12,18H,9H2,1-5H3/t12-/m1/s1. The fourth-order valence-electron chi connectivity index (χ4n) is 2.17. The van der Waals surface area contributed by atoms with Gasteiger partial charge in [-0.3, -0.25) is 0 Å². The molecular weight excluding hydrogens is 229 g/mol. The van der Waals surface area contributed by atoms with Crippen LogP contribution in [-0.2, 0) is 0 Å². The smallest absolute Gasteiger partial charge is 0.131 e. The molecule has 0 radical (unpaired) electrons. The summed E-state index contributed by atoms with van der Waals surface area (Å²) in [4.78, 5) is 2.15. The second-order valence-corrected chi connectivity index (χ2v) is 5.49. The SMILES string of the molecule is CC(C)CN(c1cccc(F)c1[C@@H](C)O)C(C)C. The van der Waals surface area contributed by atoms with Crippen LogP contribution in [0.1, 0.15) is 46.3 Å². The van der Waals surface area contributed by atoms with Crippen LogP contribution in [0.15, 0.2) is 18.2 Å². The van der Waals surface area contributed by atoms with Gasteiger partial charge in [0.05, 0.1) is 6.10 Å². The molecule has 0 aliphatic heterocycles. The van der Waals surface area contributed by atoms with E-state index in [4.69, 9.17) is 0 Å².